The van der Waals surface area contributed by atoms with Crippen molar-refractivity contribution in [3.05, 3.63) is 57.4 Å². The summed E-state index contributed by atoms with van der Waals surface area (Å²) in [6, 6.07) is 5.35. The second kappa shape index (κ2) is 5.66. The van der Waals surface area contributed by atoms with E-state index in [-0.39, 0.29) is 23.5 Å². The molecule has 7 nitrogen and oxygen atoms in total. The summed E-state index contributed by atoms with van der Waals surface area (Å²) in [4.78, 5) is 34.2. The zero-order chi connectivity index (χ0) is 15.6. The van der Waals surface area contributed by atoms with E-state index in [1.165, 1.54) is 28.9 Å². The van der Waals surface area contributed by atoms with Crippen LogP contribution in [0.1, 0.15) is 32.8 Å². The van der Waals surface area contributed by atoms with Crippen molar-refractivity contribution in [2.75, 3.05) is 0 Å². The van der Waals surface area contributed by atoms with Gasteiger partial charge in [0.05, 0.1) is 22.6 Å². The Bertz CT molecular complexity index is 734. The molecule has 0 saturated carbocycles. The zero-order valence-corrected chi connectivity index (χ0v) is 11.6. The number of carbonyl (C=O) groups excluding carboxylic acids is 2. The number of rotatable bonds is 5. The van der Waals surface area contributed by atoms with E-state index in [1.54, 1.807) is 20.2 Å². The van der Waals surface area contributed by atoms with Crippen LogP contribution in [0.3, 0.4) is 0 Å². The number of nitro benzene ring substituents is 1. The van der Waals surface area contributed by atoms with Gasteiger partial charge in [-0.3, -0.25) is 24.4 Å². The van der Waals surface area contributed by atoms with Crippen LogP contribution in [0.5, 0.6) is 0 Å². The van der Waals surface area contributed by atoms with Gasteiger partial charge in [0.1, 0.15) is 0 Å². The normalized spacial score (nSPS) is 10.4. The van der Waals surface area contributed by atoms with Gasteiger partial charge in [-0.25, -0.2) is 0 Å². The summed E-state index contributed by atoms with van der Waals surface area (Å²) in [5, 5.41) is 14.7. The van der Waals surface area contributed by atoms with Crippen LogP contribution in [-0.2, 0) is 7.05 Å². The van der Waals surface area contributed by atoms with Crippen LogP contribution in [0.15, 0.2) is 30.5 Å². The number of benzene rings is 1. The lowest BCUT2D eigenvalue weighted by Crippen LogP contribution is -2.09. The predicted octanol–water partition coefficient (Wildman–Crippen LogP) is 2.09. The molecule has 2 rings (SSSR count). The van der Waals surface area contributed by atoms with Crippen molar-refractivity contribution < 1.29 is 14.5 Å². The molecule has 0 radical (unpaired) electrons. The average Bonchev–Trinajstić information content (AvgIpc) is 2.77. The highest BCUT2D eigenvalue weighted by atomic mass is 16.6. The molecule has 2 aromatic rings. The minimum atomic E-state index is -0.579. The van der Waals surface area contributed by atoms with Crippen molar-refractivity contribution >= 4 is 17.3 Å². The van der Waals surface area contributed by atoms with Crippen LogP contribution in [0.2, 0.25) is 0 Å². The van der Waals surface area contributed by atoms with Gasteiger partial charge in [-0.15, -0.1) is 0 Å². The van der Waals surface area contributed by atoms with E-state index in [0.717, 1.165) is 0 Å². The number of non-ortho nitro benzene ring substituents is 1. The SMILES string of the molecule is Cc1nn(C)cc1C(=O)CC(=O)c1cccc([N+](=O)[O-])c1. The number of aromatic nitrogens is 2. The Kier molecular flexibility index (Phi) is 3.93. The fourth-order valence-electron chi connectivity index (χ4n) is 2.01. The Hall–Kier alpha value is -2.83. The molecule has 0 N–H and O–H groups in total. The predicted molar refractivity (Wildman–Crippen MR) is 74.3 cm³/mol. The van der Waals surface area contributed by atoms with Gasteiger partial charge >= 0.3 is 0 Å². The number of Topliss-reactive ketones (excluding diaryl/α,β-unsaturated/α-hetero) is 2. The molecule has 21 heavy (non-hydrogen) atoms. The molecule has 0 spiro atoms. The third kappa shape index (κ3) is 3.19. The molecule has 0 fully saturated rings. The van der Waals surface area contributed by atoms with E-state index in [1.807, 2.05) is 0 Å². The van der Waals surface area contributed by atoms with Crippen LogP contribution in [0, 0.1) is 17.0 Å². The van der Waals surface area contributed by atoms with Crippen molar-refractivity contribution in [3.8, 4) is 0 Å². The fourth-order valence-corrected chi connectivity index (χ4v) is 2.01. The Morgan fingerprint density at radius 1 is 1.33 bits per heavy atom. The van der Waals surface area contributed by atoms with Crippen LogP contribution < -0.4 is 0 Å². The number of nitrogens with zero attached hydrogens (tertiary/aromatic N) is 3. The minimum Gasteiger partial charge on any atom is -0.294 e. The highest BCUT2D eigenvalue weighted by Crippen LogP contribution is 2.16. The Morgan fingerprint density at radius 2 is 2.05 bits per heavy atom. The van der Waals surface area contributed by atoms with E-state index in [4.69, 9.17) is 0 Å². The molecular weight excluding hydrogens is 274 g/mol. The molecule has 0 aliphatic heterocycles. The Balaban J connectivity index is 2.18. The van der Waals surface area contributed by atoms with Crippen LogP contribution in [-0.4, -0.2) is 26.3 Å². The van der Waals surface area contributed by atoms with Crippen LogP contribution in [0.25, 0.3) is 0 Å². The number of carbonyl (C=O) groups is 2. The summed E-state index contributed by atoms with van der Waals surface area (Å²) >= 11 is 0. The standard InChI is InChI=1S/C14H13N3O4/c1-9-12(8-16(2)15-9)14(19)7-13(18)10-4-3-5-11(6-10)17(20)21/h3-6,8H,7H2,1-2H3. The smallest absolute Gasteiger partial charge is 0.270 e. The van der Waals surface area contributed by atoms with E-state index in [9.17, 15) is 19.7 Å². The van der Waals surface area contributed by atoms with Gasteiger partial charge in [-0.2, -0.15) is 5.10 Å². The van der Waals surface area contributed by atoms with E-state index in [2.05, 4.69) is 5.10 Å². The van der Waals surface area contributed by atoms with Crippen molar-refractivity contribution in [1.29, 1.82) is 0 Å². The van der Waals surface area contributed by atoms with Gasteiger partial charge in [0.2, 0.25) is 0 Å². The molecular formula is C14H13N3O4. The number of hydrogen-bond donors (Lipinski definition) is 0. The van der Waals surface area contributed by atoms with E-state index < -0.39 is 10.7 Å². The van der Waals surface area contributed by atoms with Crippen LogP contribution in [0.4, 0.5) is 5.69 Å². The first-order valence-electron chi connectivity index (χ1n) is 6.19. The van der Waals surface area contributed by atoms with Gasteiger partial charge in [0, 0.05) is 30.9 Å². The van der Waals surface area contributed by atoms with Crippen molar-refractivity contribution in [1.82, 2.24) is 9.78 Å². The molecule has 7 heteroatoms. The van der Waals surface area contributed by atoms with Gasteiger partial charge in [-0.05, 0) is 6.92 Å². The lowest BCUT2D eigenvalue weighted by atomic mass is 10.0. The summed E-state index contributed by atoms with van der Waals surface area (Å²) in [5.74, 6) is -0.802. The molecule has 0 amide bonds. The maximum absolute atomic E-state index is 12.1. The largest absolute Gasteiger partial charge is 0.294 e. The van der Waals surface area contributed by atoms with Gasteiger partial charge in [-0.1, -0.05) is 12.1 Å². The average molecular weight is 287 g/mol. The molecule has 1 aromatic heterocycles. The molecule has 0 atom stereocenters. The maximum Gasteiger partial charge on any atom is 0.270 e. The van der Waals surface area contributed by atoms with Crippen molar-refractivity contribution in [2.24, 2.45) is 7.05 Å². The Morgan fingerprint density at radius 3 is 2.62 bits per heavy atom. The second-order valence-electron chi connectivity index (χ2n) is 4.63. The molecule has 0 saturated heterocycles. The third-order valence-corrected chi connectivity index (χ3v) is 3.01. The quantitative estimate of drug-likeness (QED) is 0.363. The monoisotopic (exact) mass is 287 g/mol. The molecule has 0 bridgehead atoms. The first-order valence-corrected chi connectivity index (χ1v) is 6.19. The Labute approximate surface area is 120 Å². The molecule has 1 aromatic carbocycles. The minimum absolute atomic E-state index is 0.152. The summed E-state index contributed by atoms with van der Waals surface area (Å²) in [5.41, 5.74) is 0.913. The fraction of sp³-hybridized carbons (Fsp3) is 0.214. The summed E-state index contributed by atoms with van der Waals surface area (Å²) < 4.78 is 1.50. The first-order chi connectivity index (χ1) is 9.88. The summed E-state index contributed by atoms with van der Waals surface area (Å²) in [7, 11) is 1.69. The summed E-state index contributed by atoms with van der Waals surface area (Å²) in [6.07, 6.45) is 1.21. The number of ketones is 2. The first kappa shape index (κ1) is 14.6. The van der Waals surface area contributed by atoms with Gasteiger partial charge in [0.15, 0.2) is 11.6 Å². The zero-order valence-electron chi connectivity index (χ0n) is 11.6. The molecule has 0 unspecified atom stereocenters. The topological polar surface area (TPSA) is 95.1 Å². The molecule has 1 heterocycles. The number of hydrogen-bond acceptors (Lipinski definition) is 5. The molecule has 0 aliphatic rings. The number of aryl methyl sites for hydroxylation is 2. The third-order valence-electron chi connectivity index (χ3n) is 3.01. The lowest BCUT2D eigenvalue weighted by molar-refractivity contribution is -0.384. The molecule has 0 aliphatic carbocycles. The van der Waals surface area contributed by atoms with Gasteiger partial charge in [0.25, 0.3) is 5.69 Å². The van der Waals surface area contributed by atoms with Gasteiger partial charge < -0.3 is 0 Å². The highest BCUT2D eigenvalue weighted by molar-refractivity contribution is 6.13. The summed E-state index contributed by atoms with van der Waals surface area (Å²) in [6.45, 7) is 1.69. The maximum atomic E-state index is 12.1. The van der Waals surface area contributed by atoms with Crippen LogP contribution >= 0.6 is 0 Å². The number of nitro groups is 1. The van der Waals surface area contributed by atoms with E-state index in [0.29, 0.717) is 11.3 Å². The molecule has 108 valence electrons. The highest BCUT2D eigenvalue weighted by Gasteiger charge is 2.18. The van der Waals surface area contributed by atoms with Crippen molar-refractivity contribution in [3.63, 3.8) is 0 Å². The second-order valence-corrected chi connectivity index (χ2v) is 4.63. The van der Waals surface area contributed by atoms with E-state index >= 15 is 0 Å². The lowest BCUT2D eigenvalue weighted by Gasteiger charge is -2.00. The van der Waals surface area contributed by atoms with Crippen molar-refractivity contribution in [2.45, 2.75) is 13.3 Å².